The highest BCUT2D eigenvalue weighted by Gasteiger charge is 2.19. The molecular formula is C14H17FN4O. The number of carbonyl (C=O) groups excluding carboxylic acids is 1. The normalized spacial score (nSPS) is 10.9. The van der Waals surface area contributed by atoms with Crippen LogP contribution in [0.3, 0.4) is 0 Å². The minimum atomic E-state index is -0.415. The van der Waals surface area contributed by atoms with Crippen LogP contribution in [0.2, 0.25) is 0 Å². The maximum atomic E-state index is 13.2. The SMILES string of the molecule is CC(C)C(=O)N(C)c1cc(-c2cncc(F)c2)nn1C. The van der Waals surface area contributed by atoms with Gasteiger partial charge in [0.05, 0.1) is 11.9 Å². The Morgan fingerprint density at radius 2 is 2.05 bits per heavy atom. The molecule has 0 aliphatic heterocycles. The lowest BCUT2D eigenvalue weighted by Gasteiger charge is -2.18. The smallest absolute Gasteiger partial charge is 0.230 e. The maximum absolute atomic E-state index is 13.2. The van der Waals surface area contributed by atoms with E-state index in [2.05, 4.69) is 10.1 Å². The Kier molecular flexibility index (Phi) is 3.83. The van der Waals surface area contributed by atoms with E-state index in [1.165, 1.54) is 6.07 Å². The van der Waals surface area contributed by atoms with Crippen LogP contribution in [-0.2, 0) is 11.8 Å². The van der Waals surface area contributed by atoms with E-state index >= 15 is 0 Å². The summed E-state index contributed by atoms with van der Waals surface area (Å²) in [6.45, 7) is 3.68. The van der Waals surface area contributed by atoms with Crippen LogP contribution < -0.4 is 4.90 Å². The Bertz CT molecular complexity index is 636. The van der Waals surface area contributed by atoms with Gasteiger partial charge in [-0.05, 0) is 6.07 Å². The minimum absolute atomic E-state index is 0.00285. The minimum Gasteiger partial charge on any atom is -0.300 e. The quantitative estimate of drug-likeness (QED) is 0.864. The van der Waals surface area contributed by atoms with E-state index in [1.54, 1.807) is 35.9 Å². The lowest BCUT2D eigenvalue weighted by Crippen LogP contribution is -2.31. The molecule has 0 radical (unpaired) electrons. The van der Waals surface area contributed by atoms with Crippen LogP contribution in [0.1, 0.15) is 13.8 Å². The van der Waals surface area contributed by atoms with Gasteiger partial charge in [0.2, 0.25) is 5.91 Å². The summed E-state index contributed by atoms with van der Waals surface area (Å²) >= 11 is 0. The predicted octanol–water partition coefficient (Wildman–Crippen LogP) is 2.24. The zero-order chi connectivity index (χ0) is 14.9. The molecule has 5 nitrogen and oxygen atoms in total. The largest absolute Gasteiger partial charge is 0.300 e. The molecule has 2 rings (SSSR count). The number of aryl methyl sites for hydroxylation is 1. The van der Waals surface area contributed by atoms with E-state index in [-0.39, 0.29) is 11.8 Å². The summed E-state index contributed by atoms with van der Waals surface area (Å²) < 4.78 is 14.8. The van der Waals surface area contributed by atoms with Gasteiger partial charge in [-0.2, -0.15) is 5.10 Å². The highest BCUT2D eigenvalue weighted by atomic mass is 19.1. The molecular weight excluding hydrogens is 259 g/mol. The van der Waals surface area contributed by atoms with Crippen molar-refractivity contribution in [2.45, 2.75) is 13.8 Å². The highest BCUT2D eigenvalue weighted by Crippen LogP contribution is 2.23. The molecule has 2 aromatic rings. The van der Waals surface area contributed by atoms with E-state index in [4.69, 9.17) is 0 Å². The molecule has 2 aromatic heterocycles. The van der Waals surface area contributed by atoms with Gasteiger partial charge in [0, 0.05) is 37.8 Å². The number of aromatic nitrogens is 3. The summed E-state index contributed by atoms with van der Waals surface area (Å²) in [6, 6.07) is 3.11. The second-order valence-corrected chi connectivity index (χ2v) is 4.96. The Balaban J connectivity index is 2.37. The summed E-state index contributed by atoms with van der Waals surface area (Å²) in [4.78, 5) is 17.4. The predicted molar refractivity (Wildman–Crippen MR) is 74.6 cm³/mol. The summed E-state index contributed by atoms with van der Waals surface area (Å²) in [5.41, 5.74) is 1.16. The standard InChI is InChI=1S/C14H17FN4O/c1-9(2)14(20)18(3)13-6-12(17-19(13)4)10-5-11(15)8-16-7-10/h5-9H,1-4H3. The number of anilines is 1. The van der Waals surface area contributed by atoms with Gasteiger partial charge in [0.1, 0.15) is 11.6 Å². The average molecular weight is 276 g/mol. The molecule has 106 valence electrons. The number of halogens is 1. The van der Waals surface area contributed by atoms with Gasteiger partial charge in [-0.3, -0.25) is 19.4 Å². The average Bonchev–Trinajstić information content (AvgIpc) is 2.79. The van der Waals surface area contributed by atoms with Gasteiger partial charge in [0.25, 0.3) is 0 Å². The second kappa shape index (κ2) is 5.40. The van der Waals surface area contributed by atoms with Crippen molar-refractivity contribution in [3.63, 3.8) is 0 Å². The maximum Gasteiger partial charge on any atom is 0.230 e. The first kappa shape index (κ1) is 14.2. The Morgan fingerprint density at radius 1 is 1.35 bits per heavy atom. The van der Waals surface area contributed by atoms with Gasteiger partial charge < -0.3 is 0 Å². The van der Waals surface area contributed by atoms with Crippen LogP contribution in [0.25, 0.3) is 11.3 Å². The fourth-order valence-corrected chi connectivity index (χ4v) is 1.96. The number of rotatable bonds is 3. The van der Waals surface area contributed by atoms with Crippen molar-refractivity contribution >= 4 is 11.7 Å². The van der Waals surface area contributed by atoms with Gasteiger partial charge in [0.15, 0.2) is 0 Å². The number of nitrogens with zero attached hydrogens (tertiary/aromatic N) is 4. The summed E-state index contributed by atoms with van der Waals surface area (Å²) in [5.74, 6) is 0.135. The first-order valence-electron chi connectivity index (χ1n) is 6.32. The number of pyridine rings is 1. The topological polar surface area (TPSA) is 51.0 Å². The molecule has 6 heteroatoms. The summed E-state index contributed by atoms with van der Waals surface area (Å²) in [5, 5.41) is 4.30. The van der Waals surface area contributed by atoms with Crippen molar-refractivity contribution in [3.8, 4) is 11.3 Å². The van der Waals surface area contributed by atoms with Crippen molar-refractivity contribution in [2.24, 2.45) is 13.0 Å². The van der Waals surface area contributed by atoms with Crippen LogP contribution in [0, 0.1) is 11.7 Å². The first-order chi connectivity index (χ1) is 9.40. The number of hydrogen-bond donors (Lipinski definition) is 0. The van der Waals surface area contributed by atoms with Gasteiger partial charge in [-0.1, -0.05) is 13.8 Å². The van der Waals surface area contributed by atoms with Gasteiger partial charge in [-0.15, -0.1) is 0 Å². The Morgan fingerprint density at radius 3 is 2.65 bits per heavy atom. The van der Waals surface area contributed by atoms with Crippen molar-refractivity contribution < 1.29 is 9.18 Å². The summed E-state index contributed by atoms with van der Waals surface area (Å²) in [7, 11) is 3.45. The zero-order valence-corrected chi connectivity index (χ0v) is 12.0. The fraction of sp³-hybridized carbons (Fsp3) is 0.357. The molecule has 0 atom stereocenters. The number of hydrogen-bond acceptors (Lipinski definition) is 3. The van der Waals surface area contributed by atoms with E-state index in [9.17, 15) is 9.18 Å². The molecule has 1 amide bonds. The summed E-state index contributed by atoms with van der Waals surface area (Å²) in [6.07, 6.45) is 2.68. The molecule has 0 aliphatic rings. The third kappa shape index (κ3) is 2.68. The molecule has 0 fully saturated rings. The van der Waals surface area contributed by atoms with Gasteiger partial charge >= 0.3 is 0 Å². The van der Waals surface area contributed by atoms with Crippen LogP contribution in [0.15, 0.2) is 24.5 Å². The van der Waals surface area contributed by atoms with Crippen molar-refractivity contribution in [1.82, 2.24) is 14.8 Å². The molecule has 0 aromatic carbocycles. The van der Waals surface area contributed by atoms with Crippen LogP contribution in [0.5, 0.6) is 0 Å². The molecule has 0 spiro atoms. The first-order valence-corrected chi connectivity index (χ1v) is 6.32. The van der Waals surface area contributed by atoms with Crippen molar-refractivity contribution in [2.75, 3.05) is 11.9 Å². The molecule has 2 heterocycles. The molecule has 0 saturated carbocycles. The third-order valence-electron chi connectivity index (χ3n) is 3.02. The highest BCUT2D eigenvalue weighted by molar-refractivity contribution is 5.93. The third-order valence-corrected chi connectivity index (χ3v) is 3.02. The molecule has 20 heavy (non-hydrogen) atoms. The molecule has 0 aliphatic carbocycles. The van der Waals surface area contributed by atoms with Gasteiger partial charge in [-0.25, -0.2) is 4.39 Å². The van der Waals surface area contributed by atoms with Crippen LogP contribution in [0.4, 0.5) is 10.2 Å². The fourth-order valence-electron chi connectivity index (χ4n) is 1.96. The Labute approximate surface area is 117 Å². The lowest BCUT2D eigenvalue weighted by molar-refractivity contribution is -0.121. The van der Waals surface area contributed by atoms with Crippen molar-refractivity contribution in [3.05, 3.63) is 30.3 Å². The number of carbonyl (C=O) groups is 1. The van der Waals surface area contributed by atoms with Crippen molar-refractivity contribution in [1.29, 1.82) is 0 Å². The van der Waals surface area contributed by atoms with E-state index in [0.717, 1.165) is 6.20 Å². The molecule has 0 bridgehead atoms. The number of amides is 1. The lowest BCUT2D eigenvalue weighted by atomic mass is 10.2. The molecule has 0 saturated heterocycles. The molecule has 0 N–H and O–H groups in total. The van der Waals surface area contributed by atoms with Crippen LogP contribution >= 0.6 is 0 Å². The monoisotopic (exact) mass is 276 g/mol. The van der Waals surface area contributed by atoms with E-state index in [0.29, 0.717) is 17.1 Å². The van der Waals surface area contributed by atoms with E-state index < -0.39 is 5.82 Å². The second-order valence-electron chi connectivity index (χ2n) is 4.96. The zero-order valence-electron chi connectivity index (χ0n) is 12.0. The Hall–Kier alpha value is -2.24. The van der Waals surface area contributed by atoms with E-state index in [1.807, 2.05) is 13.8 Å². The molecule has 0 unspecified atom stereocenters. The van der Waals surface area contributed by atoms with Crippen LogP contribution in [-0.4, -0.2) is 27.7 Å².